The summed E-state index contributed by atoms with van der Waals surface area (Å²) in [6, 6.07) is 11.1. The molecule has 0 saturated heterocycles. The van der Waals surface area contributed by atoms with Crippen LogP contribution in [0.15, 0.2) is 54.9 Å². The van der Waals surface area contributed by atoms with Crippen molar-refractivity contribution in [2.75, 3.05) is 0 Å². The van der Waals surface area contributed by atoms with E-state index in [9.17, 15) is 13.9 Å². The average Bonchev–Trinajstić information content (AvgIpc) is 3.25. The molecule has 2 aliphatic rings. The topological polar surface area (TPSA) is 84.7 Å². The van der Waals surface area contributed by atoms with Crippen molar-refractivity contribution in [2.45, 2.75) is 44.6 Å². The van der Waals surface area contributed by atoms with E-state index in [1.807, 2.05) is 12.1 Å². The third-order valence-electron chi connectivity index (χ3n) is 7.93. The molecule has 8 heteroatoms. The standard InChI is InChI=1S/C27H23F2N5O/c1-26(2)18-6-9-27(26,22-8-11-31-25(32-22)15-7-10-30-16(12-15)14-35)24-17(18)13-21(33-34-24)23-19(28)4-3-5-20(23)29/h3-5,7-8,10-13,18,35H,6,9,14H2,1-2H3/t18-,27-/m0/s1. The van der Waals surface area contributed by atoms with Crippen LogP contribution in [0.1, 0.15) is 55.3 Å². The van der Waals surface area contributed by atoms with Crippen molar-refractivity contribution in [3.63, 3.8) is 0 Å². The Morgan fingerprint density at radius 1 is 1.00 bits per heavy atom. The molecule has 3 aromatic heterocycles. The fourth-order valence-electron chi connectivity index (χ4n) is 6.20. The predicted octanol–water partition coefficient (Wildman–Crippen LogP) is 4.97. The number of aromatic nitrogens is 5. The number of pyridine rings is 1. The summed E-state index contributed by atoms with van der Waals surface area (Å²) in [5.41, 5.74) is 3.25. The first-order chi connectivity index (χ1) is 16.9. The Balaban J connectivity index is 1.51. The second-order valence-corrected chi connectivity index (χ2v) is 9.81. The van der Waals surface area contributed by atoms with Gasteiger partial charge in [0.2, 0.25) is 0 Å². The van der Waals surface area contributed by atoms with Crippen LogP contribution in [0.4, 0.5) is 8.78 Å². The van der Waals surface area contributed by atoms with Crippen LogP contribution < -0.4 is 0 Å². The van der Waals surface area contributed by atoms with E-state index in [0.717, 1.165) is 35.4 Å². The van der Waals surface area contributed by atoms with Crippen molar-refractivity contribution in [3.05, 3.63) is 89.1 Å². The summed E-state index contributed by atoms with van der Waals surface area (Å²) in [5.74, 6) is -0.616. The summed E-state index contributed by atoms with van der Waals surface area (Å²) < 4.78 is 29.0. The van der Waals surface area contributed by atoms with Gasteiger partial charge in [-0.3, -0.25) is 4.98 Å². The maximum atomic E-state index is 14.5. The van der Waals surface area contributed by atoms with Gasteiger partial charge in [0.05, 0.1) is 40.4 Å². The van der Waals surface area contributed by atoms with Gasteiger partial charge < -0.3 is 5.11 Å². The lowest BCUT2D eigenvalue weighted by Gasteiger charge is -2.37. The first-order valence-electron chi connectivity index (χ1n) is 11.6. The summed E-state index contributed by atoms with van der Waals surface area (Å²) in [6.45, 7) is 4.24. The van der Waals surface area contributed by atoms with Gasteiger partial charge in [-0.2, -0.15) is 5.10 Å². The van der Waals surface area contributed by atoms with Crippen LogP contribution >= 0.6 is 0 Å². The van der Waals surface area contributed by atoms with Gasteiger partial charge in [0.25, 0.3) is 0 Å². The molecule has 3 heterocycles. The van der Waals surface area contributed by atoms with Crippen LogP contribution in [0.5, 0.6) is 0 Å². The first-order valence-corrected chi connectivity index (χ1v) is 11.6. The molecule has 6 rings (SSSR count). The van der Waals surface area contributed by atoms with E-state index in [4.69, 9.17) is 4.98 Å². The molecule has 1 fully saturated rings. The van der Waals surface area contributed by atoms with Crippen molar-refractivity contribution >= 4 is 0 Å². The largest absolute Gasteiger partial charge is 0.390 e. The Kier molecular flexibility index (Phi) is 4.79. The van der Waals surface area contributed by atoms with Gasteiger partial charge in [0, 0.05) is 18.0 Å². The fraction of sp³-hybridized carbons (Fsp3) is 0.296. The predicted molar refractivity (Wildman–Crippen MR) is 125 cm³/mol. The summed E-state index contributed by atoms with van der Waals surface area (Å²) in [6.07, 6.45) is 5.12. The SMILES string of the molecule is CC1(C)[C@H]2CC[C@]1(c1ccnc(-c3ccnc(CO)c3)n1)c1nnc(-c3c(F)cccc3F)cc12. The number of aliphatic hydroxyl groups is 1. The number of nitrogens with zero attached hydrogens (tertiary/aromatic N) is 5. The highest BCUT2D eigenvalue weighted by atomic mass is 19.1. The Morgan fingerprint density at radius 3 is 2.54 bits per heavy atom. The van der Waals surface area contributed by atoms with Crippen molar-refractivity contribution in [1.29, 1.82) is 0 Å². The number of aliphatic hydroxyl groups excluding tert-OH is 1. The fourth-order valence-corrected chi connectivity index (χ4v) is 6.20. The number of hydrogen-bond donors (Lipinski definition) is 1. The molecule has 4 aromatic rings. The van der Waals surface area contributed by atoms with Gasteiger partial charge in [-0.05, 0) is 66.1 Å². The zero-order chi connectivity index (χ0) is 24.4. The maximum Gasteiger partial charge on any atom is 0.159 e. The molecule has 1 saturated carbocycles. The first kappa shape index (κ1) is 21.9. The number of benzene rings is 1. The normalized spacial score (nSPS) is 21.8. The minimum Gasteiger partial charge on any atom is -0.390 e. The van der Waals surface area contributed by atoms with Gasteiger partial charge >= 0.3 is 0 Å². The smallest absolute Gasteiger partial charge is 0.159 e. The minimum absolute atomic E-state index is 0.154. The molecule has 6 nitrogen and oxygen atoms in total. The number of rotatable bonds is 4. The highest BCUT2D eigenvalue weighted by molar-refractivity contribution is 5.64. The van der Waals surface area contributed by atoms with Gasteiger partial charge in [-0.15, -0.1) is 5.10 Å². The monoisotopic (exact) mass is 471 g/mol. The van der Waals surface area contributed by atoms with E-state index >= 15 is 0 Å². The van der Waals surface area contributed by atoms with Crippen LogP contribution in [0.25, 0.3) is 22.6 Å². The number of halogens is 2. The van der Waals surface area contributed by atoms with Crippen LogP contribution in [-0.2, 0) is 12.0 Å². The van der Waals surface area contributed by atoms with E-state index in [0.29, 0.717) is 11.5 Å². The van der Waals surface area contributed by atoms with Crippen LogP contribution in [0.3, 0.4) is 0 Å². The van der Waals surface area contributed by atoms with Crippen LogP contribution in [0.2, 0.25) is 0 Å². The van der Waals surface area contributed by atoms with E-state index in [1.54, 1.807) is 24.5 Å². The van der Waals surface area contributed by atoms with Gasteiger partial charge in [0.15, 0.2) is 5.82 Å². The second kappa shape index (κ2) is 7.68. The van der Waals surface area contributed by atoms with E-state index in [1.165, 1.54) is 18.2 Å². The van der Waals surface area contributed by atoms with Gasteiger partial charge in [-0.25, -0.2) is 18.7 Å². The van der Waals surface area contributed by atoms with Crippen molar-refractivity contribution in [1.82, 2.24) is 25.1 Å². The zero-order valence-electron chi connectivity index (χ0n) is 19.3. The molecular weight excluding hydrogens is 448 g/mol. The molecule has 0 aliphatic heterocycles. The third-order valence-corrected chi connectivity index (χ3v) is 7.93. The summed E-state index contributed by atoms with van der Waals surface area (Å²) >= 11 is 0. The van der Waals surface area contributed by atoms with Gasteiger partial charge in [-0.1, -0.05) is 19.9 Å². The summed E-state index contributed by atoms with van der Waals surface area (Å²) in [5, 5.41) is 18.4. The van der Waals surface area contributed by atoms with E-state index < -0.39 is 17.0 Å². The molecule has 176 valence electrons. The highest BCUT2D eigenvalue weighted by Crippen LogP contribution is 2.69. The van der Waals surface area contributed by atoms with Crippen molar-refractivity contribution < 1.29 is 13.9 Å². The highest BCUT2D eigenvalue weighted by Gasteiger charge is 2.65. The van der Waals surface area contributed by atoms with Crippen LogP contribution in [0, 0.1) is 17.0 Å². The average molecular weight is 472 g/mol. The second-order valence-electron chi connectivity index (χ2n) is 9.81. The van der Waals surface area contributed by atoms with Crippen LogP contribution in [-0.4, -0.2) is 30.3 Å². The lowest BCUT2D eigenvalue weighted by molar-refractivity contribution is 0.243. The summed E-state index contributed by atoms with van der Waals surface area (Å²) in [4.78, 5) is 13.6. The molecule has 35 heavy (non-hydrogen) atoms. The summed E-state index contributed by atoms with van der Waals surface area (Å²) in [7, 11) is 0. The minimum atomic E-state index is -0.656. The molecule has 2 bridgehead atoms. The van der Waals surface area contributed by atoms with Gasteiger partial charge in [0.1, 0.15) is 11.6 Å². The van der Waals surface area contributed by atoms with Crippen molar-refractivity contribution in [2.24, 2.45) is 5.41 Å². The number of fused-ring (bicyclic) bond motifs is 5. The lowest BCUT2D eigenvalue weighted by atomic mass is 9.66. The maximum absolute atomic E-state index is 14.5. The molecular formula is C27H23F2N5O. The molecule has 1 aromatic carbocycles. The molecule has 0 unspecified atom stereocenters. The zero-order valence-corrected chi connectivity index (χ0v) is 19.3. The van der Waals surface area contributed by atoms with E-state index in [2.05, 4.69) is 34.0 Å². The molecule has 0 spiro atoms. The Bertz CT molecular complexity index is 1450. The Morgan fingerprint density at radius 2 is 1.77 bits per heavy atom. The Labute approximate surface area is 201 Å². The third kappa shape index (κ3) is 2.99. The molecule has 1 N–H and O–H groups in total. The lowest BCUT2D eigenvalue weighted by Crippen LogP contribution is -2.38. The molecule has 0 amide bonds. The molecule has 0 radical (unpaired) electrons. The Hall–Kier alpha value is -3.65. The quantitative estimate of drug-likeness (QED) is 0.452. The molecule has 2 aliphatic carbocycles. The number of hydrogen-bond acceptors (Lipinski definition) is 6. The van der Waals surface area contributed by atoms with E-state index in [-0.39, 0.29) is 29.2 Å². The molecule has 2 atom stereocenters. The van der Waals surface area contributed by atoms with Crippen molar-refractivity contribution in [3.8, 4) is 22.6 Å².